The minimum Gasteiger partial charge on any atom is -0.497 e. The van der Waals surface area contributed by atoms with Gasteiger partial charge in [0.15, 0.2) is 0 Å². The normalized spacial score (nSPS) is 10.6. The fraction of sp³-hybridized carbons (Fsp3) is 0.235. The van der Waals surface area contributed by atoms with Crippen molar-refractivity contribution >= 4 is 17.3 Å². The van der Waals surface area contributed by atoms with Gasteiger partial charge in [-0.1, -0.05) is 12.1 Å². The number of likely N-dealkylation sites (N-methyl/N-ethyl adjacent to an activating group) is 1. The maximum absolute atomic E-state index is 13.9. The molecule has 1 amide bonds. The number of rotatable bonds is 7. The summed E-state index contributed by atoms with van der Waals surface area (Å²) in [6, 6.07) is 10.5. The van der Waals surface area contributed by atoms with E-state index in [4.69, 9.17) is 4.74 Å². The van der Waals surface area contributed by atoms with E-state index in [9.17, 15) is 19.3 Å². The van der Waals surface area contributed by atoms with Crippen molar-refractivity contribution in [3.8, 4) is 5.75 Å². The Bertz CT molecular complexity index is 782. The summed E-state index contributed by atoms with van der Waals surface area (Å²) >= 11 is 0. The van der Waals surface area contributed by atoms with E-state index in [0.29, 0.717) is 11.4 Å². The van der Waals surface area contributed by atoms with Gasteiger partial charge in [-0.05, 0) is 25.2 Å². The summed E-state index contributed by atoms with van der Waals surface area (Å²) in [5, 5.41) is 13.7. The first-order chi connectivity index (χ1) is 11.9. The number of carbonyl (C=O) groups excluding carboxylic acids is 1. The number of nitro benzene ring substituents is 1. The Hall–Kier alpha value is -3.00. The SMILES string of the molecule is COc1cccc(NC(=O)CN(C)Cc2c(F)cccc2[N+](=O)[O-])c1. The number of hydrogen-bond acceptors (Lipinski definition) is 5. The van der Waals surface area contributed by atoms with Crippen LogP contribution in [0.4, 0.5) is 15.8 Å². The van der Waals surface area contributed by atoms with E-state index in [1.165, 1.54) is 24.1 Å². The van der Waals surface area contributed by atoms with E-state index in [1.54, 1.807) is 31.3 Å². The molecular weight excluding hydrogens is 329 g/mol. The number of hydrogen-bond donors (Lipinski definition) is 1. The van der Waals surface area contributed by atoms with Gasteiger partial charge < -0.3 is 10.1 Å². The van der Waals surface area contributed by atoms with Crippen molar-refractivity contribution in [2.45, 2.75) is 6.54 Å². The number of halogens is 1. The van der Waals surface area contributed by atoms with Crippen molar-refractivity contribution in [3.63, 3.8) is 0 Å². The third-order valence-corrected chi connectivity index (χ3v) is 3.49. The van der Waals surface area contributed by atoms with Crippen molar-refractivity contribution in [3.05, 3.63) is 64.0 Å². The molecule has 8 heteroatoms. The molecule has 0 aromatic heterocycles. The predicted octanol–water partition coefficient (Wildman–Crippen LogP) is 2.81. The van der Waals surface area contributed by atoms with Crippen LogP contribution in [0.2, 0.25) is 0 Å². The maximum atomic E-state index is 13.9. The fourth-order valence-electron chi connectivity index (χ4n) is 2.35. The highest BCUT2D eigenvalue weighted by atomic mass is 19.1. The molecule has 0 aliphatic carbocycles. The number of anilines is 1. The van der Waals surface area contributed by atoms with Crippen molar-refractivity contribution in [1.29, 1.82) is 0 Å². The Balaban J connectivity index is 2.01. The zero-order chi connectivity index (χ0) is 18.4. The van der Waals surface area contributed by atoms with E-state index >= 15 is 0 Å². The second-order valence-corrected chi connectivity index (χ2v) is 5.45. The number of methoxy groups -OCH3 is 1. The van der Waals surface area contributed by atoms with E-state index in [1.807, 2.05) is 0 Å². The molecule has 7 nitrogen and oxygen atoms in total. The number of carbonyl (C=O) groups is 1. The fourth-order valence-corrected chi connectivity index (χ4v) is 2.35. The lowest BCUT2D eigenvalue weighted by atomic mass is 10.1. The highest BCUT2D eigenvalue weighted by Gasteiger charge is 2.20. The van der Waals surface area contributed by atoms with Crippen LogP contribution < -0.4 is 10.1 Å². The van der Waals surface area contributed by atoms with Gasteiger partial charge in [0.2, 0.25) is 5.91 Å². The maximum Gasteiger partial charge on any atom is 0.276 e. The van der Waals surface area contributed by atoms with Gasteiger partial charge in [-0.3, -0.25) is 19.8 Å². The molecule has 0 fully saturated rings. The number of nitrogens with zero attached hydrogens (tertiary/aromatic N) is 2. The third-order valence-electron chi connectivity index (χ3n) is 3.49. The van der Waals surface area contributed by atoms with E-state index < -0.39 is 10.7 Å². The van der Waals surface area contributed by atoms with Gasteiger partial charge in [0.1, 0.15) is 11.6 Å². The lowest BCUT2D eigenvalue weighted by Gasteiger charge is -2.17. The lowest BCUT2D eigenvalue weighted by Crippen LogP contribution is -2.30. The third kappa shape index (κ3) is 4.98. The molecule has 0 aliphatic heterocycles. The van der Waals surface area contributed by atoms with Crippen LogP contribution >= 0.6 is 0 Å². The first-order valence-corrected chi connectivity index (χ1v) is 7.45. The van der Waals surface area contributed by atoms with Crippen LogP contribution in [-0.4, -0.2) is 36.4 Å². The molecule has 2 rings (SSSR count). The Kier molecular flexibility index (Phi) is 6.02. The highest BCUT2D eigenvalue weighted by molar-refractivity contribution is 5.92. The topological polar surface area (TPSA) is 84.7 Å². The molecule has 0 heterocycles. The molecule has 0 saturated carbocycles. The van der Waals surface area contributed by atoms with Gasteiger partial charge in [-0.15, -0.1) is 0 Å². The molecule has 0 bridgehead atoms. The second-order valence-electron chi connectivity index (χ2n) is 5.45. The molecule has 0 unspecified atom stereocenters. The van der Waals surface area contributed by atoms with Gasteiger partial charge >= 0.3 is 0 Å². The first kappa shape index (κ1) is 18.3. The molecule has 2 aromatic carbocycles. The molecule has 0 spiro atoms. The number of ether oxygens (including phenoxy) is 1. The Morgan fingerprint density at radius 1 is 1.32 bits per heavy atom. The zero-order valence-corrected chi connectivity index (χ0v) is 13.9. The zero-order valence-electron chi connectivity index (χ0n) is 13.9. The van der Waals surface area contributed by atoms with Crippen molar-refractivity contribution in [2.75, 3.05) is 26.0 Å². The summed E-state index contributed by atoms with van der Waals surface area (Å²) in [6.45, 7) is -0.114. The van der Waals surface area contributed by atoms with Gasteiger partial charge in [-0.2, -0.15) is 0 Å². The number of benzene rings is 2. The van der Waals surface area contributed by atoms with Crippen molar-refractivity contribution < 1.29 is 18.8 Å². The summed E-state index contributed by atoms with van der Waals surface area (Å²) in [7, 11) is 3.11. The molecule has 1 N–H and O–H groups in total. The smallest absolute Gasteiger partial charge is 0.276 e. The van der Waals surface area contributed by atoms with Crippen molar-refractivity contribution in [1.82, 2.24) is 4.90 Å². The summed E-state index contributed by atoms with van der Waals surface area (Å²) in [6.07, 6.45) is 0. The molecular formula is C17H18FN3O4. The first-order valence-electron chi connectivity index (χ1n) is 7.45. The van der Waals surface area contributed by atoms with Gasteiger partial charge in [0, 0.05) is 24.4 Å². The second kappa shape index (κ2) is 8.20. The standard InChI is InChI=1S/C17H18FN3O4/c1-20(10-14-15(18)7-4-8-16(14)21(23)24)11-17(22)19-12-5-3-6-13(9-12)25-2/h3-9H,10-11H2,1-2H3,(H,19,22). The van der Waals surface area contributed by atoms with Gasteiger partial charge in [-0.25, -0.2) is 4.39 Å². The van der Waals surface area contributed by atoms with E-state index in [0.717, 1.165) is 6.07 Å². The summed E-state index contributed by atoms with van der Waals surface area (Å²) in [5.41, 5.74) is 0.207. The van der Waals surface area contributed by atoms with Crippen LogP contribution in [0.25, 0.3) is 0 Å². The number of nitro groups is 1. The van der Waals surface area contributed by atoms with Crippen LogP contribution in [0.1, 0.15) is 5.56 Å². The highest BCUT2D eigenvalue weighted by Crippen LogP contribution is 2.22. The minimum absolute atomic E-state index is 0.0517. The quantitative estimate of drug-likeness (QED) is 0.615. The molecule has 25 heavy (non-hydrogen) atoms. The minimum atomic E-state index is -0.672. The van der Waals surface area contributed by atoms with E-state index in [2.05, 4.69) is 5.32 Å². The molecule has 0 saturated heterocycles. The molecule has 0 atom stereocenters. The number of amides is 1. The van der Waals surface area contributed by atoms with Crippen molar-refractivity contribution in [2.24, 2.45) is 0 Å². The van der Waals surface area contributed by atoms with Crippen LogP contribution in [0.15, 0.2) is 42.5 Å². The van der Waals surface area contributed by atoms with Crippen LogP contribution in [-0.2, 0) is 11.3 Å². The Labute approximate surface area is 144 Å². The molecule has 2 aromatic rings. The van der Waals surface area contributed by atoms with Crippen LogP contribution in [0, 0.1) is 15.9 Å². The molecule has 0 radical (unpaired) electrons. The average Bonchev–Trinajstić information content (AvgIpc) is 2.56. The van der Waals surface area contributed by atoms with Gasteiger partial charge in [0.05, 0.1) is 24.1 Å². The average molecular weight is 347 g/mol. The molecule has 132 valence electrons. The van der Waals surface area contributed by atoms with E-state index in [-0.39, 0.29) is 30.2 Å². The summed E-state index contributed by atoms with van der Waals surface area (Å²) in [4.78, 5) is 24.0. The Morgan fingerprint density at radius 2 is 2.04 bits per heavy atom. The van der Waals surface area contributed by atoms with Gasteiger partial charge in [0.25, 0.3) is 5.69 Å². The van der Waals surface area contributed by atoms with Crippen LogP contribution in [0.5, 0.6) is 5.75 Å². The van der Waals surface area contributed by atoms with Crippen LogP contribution in [0.3, 0.4) is 0 Å². The summed E-state index contributed by atoms with van der Waals surface area (Å²) < 4.78 is 19.0. The molecule has 0 aliphatic rings. The largest absolute Gasteiger partial charge is 0.497 e. The lowest BCUT2D eigenvalue weighted by molar-refractivity contribution is -0.385. The predicted molar refractivity (Wildman–Crippen MR) is 91.0 cm³/mol. The summed E-state index contributed by atoms with van der Waals surface area (Å²) in [5.74, 6) is -0.392. The number of nitrogens with one attached hydrogen (secondary N) is 1. The monoisotopic (exact) mass is 347 g/mol. The Morgan fingerprint density at radius 3 is 2.72 bits per heavy atom.